The van der Waals surface area contributed by atoms with Crippen LogP contribution in [0.15, 0.2) is 90.7 Å². The zero-order valence-corrected chi connectivity index (χ0v) is 42.2. The van der Waals surface area contributed by atoms with E-state index in [-0.39, 0.29) is 23.7 Å². The SMILES string of the molecule is Cn1c2c(c3cc(Br)ccc31)CCCC2=O.Cn1c2c(c3cc(Br)ccc31)CCCC2N.Cn1c2c(c3cc(Br)ccc31)CCCC2N.O=C1CCCc2c1[nH]c1ccc(Br)cc21. The number of nitrogens with two attached hydrogens (primary N) is 2. The third-order valence-corrected chi connectivity index (χ3v) is 15.5. The van der Waals surface area contributed by atoms with E-state index in [9.17, 15) is 9.59 Å². The molecule has 4 aromatic heterocycles. The number of aromatic amines is 1. The molecular weight excluding hydrogens is 1050 g/mol. The van der Waals surface area contributed by atoms with Crippen LogP contribution in [0.1, 0.15) is 118 Å². The summed E-state index contributed by atoms with van der Waals surface area (Å²) < 4.78 is 11.0. The van der Waals surface area contributed by atoms with Gasteiger partial charge in [0.05, 0.1) is 11.4 Å². The summed E-state index contributed by atoms with van der Waals surface area (Å²) in [5, 5.41) is 5.14. The molecule has 5 N–H and O–H groups in total. The van der Waals surface area contributed by atoms with Crippen LogP contribution in [0.3, 0.4) is 0 Å². The van der Waals surface area contributed by atoms with E-state index in [2.05, 4.69) is 147 Å². The highest BCUT2D eigenvalue weighted by Gasteiger charge is 2.27. The maximum Gasteiger partial charge on any atom is 0.179 e. The quantitative estimate of drug-likeness (QED) is 0.140. The largest absolute Gasteiger partial charge is 0.352 e. The summed E-state index contributed by atoms with van der Waals surface area (Å²) in [6.45, 7) is 0. The number of carbonyl (C=O) groups is 2. The molecule has 0 radical (unpaired) electrons. The van der Waals surface area contributed by atoms with E-state index in [0.717, 1.165) is 91.7 Å². The van der Waals surface area contributed by atoms with Crippen LogP contribution in [0, 0.1) is 0 Å². The molecule has 63 heavy (non-hydrogen) atoms. The number of hydrogen-bond acceptors (Lipinski definition) is 4. The van der Waals surface area contributed by atoms with Crippen molar-refractivity contribution in [1.82, 2.24) is 18.7 Å². The first-order valence-electron chi connectivity index (χ1n) is 22.0. The molecular formula is C51H52Br4N6O2. The highest BCUT2D eigenvalue weighted by atomic mass is 79.9. The van der Waals surface area contributed by atoms with Crippen LogP contribution in [0.4, 0.5) is 0 Å². The van der Waals surface area contributed by atoms with E-state index in [1.807, 2.05) is 29.8 Å². The lowest BCUT2D eigenvalue weighted by atomic mass is 9.92. The van der Waals surface area contributed by atoms with Crippen molar-refractivity contribution in [3.63, 3.8) is 0 Å². The molecule has 0 amide bonds. The fraction of sp³-hybridized carbons (Fsp3) is 0.333. The topological polar surface area (TPSA) is 117 Å². The minimum atomic E-state index is 0.208. The number of aromatic nitrogens is 4. The molecule has 0 saturated heterocycles. The van der Waals surface area contributed by atoms with Crippen LogP contribution in [-0.4, -0.2) is 30.3 Å². The number of Topliss-reactive ketones (excluding diaryl/α,β-unsaturated/α-hetero) is 2. The highest BCUT2D eigenvalue weighted by molar-refractivity contribution is 9.11. The van der Waals surface area contributed by atoms with E-state index >= 15 is 0 Å². The first-order valence-corrected chi connectivity index (χ1v) is 25.2. The number of rotatable bonds is 0. The second-order valence-corrected chi connectivity index (χ2v) is 21.1. The van der Waals surface area contributed by atoms with Crippen molar-refractivity contribution in [2.24, 2.45) is 32.6 Å². The van der Waals surface area contributed by atoms with E-state index in [1.165, 1.54) is 79.1 Å². The zero-order chi connectivity index (χ0) is 44.3. The van der Waals surface area contributed by atoms with Gasteiger partial charge in [0.2, 0.25) is 0 Å². The molecule has 0 spiro atoms. The maximum atomic E-state index is 11.9. The van der Waals surface area contributed by atoms with Crippen molar-refractivity contribution in [3.05, 3.63) is 136 Å². The Labute approximate surface area is 401 Å². The summed E-state index contributed by atoms with van der Waals surface area (Å²) in [4.78, 5) is 26.8. The number of aryl methyl sites for hydroxylation is 7. The van der Waals surface area contributed by atoms with Gasteiger partial charge in [-0.1, -0.05) is 63.7 Å². The number of ketones is 2. The molecule has 0 fully saturated rings. The summed E-state index contributed by atoms with van der Waals surface area (Å²) >= 11 is 14.0. The monoisotopic (exact) mass is 1100 g/mol. The molecule has 2 atom stereocenters. The van der Waals surface area contributed by atoms with Gasteiger partial charge in [-0.05, 0) is 159 Å². The lowest BCUT2D eigenvalue weighted by Gasteiger charge is -2.20. The van der Waals surface area contributed by atoms with Gasteiger partial charge in [0.1, 0.15) is 0 Å². The molecule has 4 aliphatic rings. The summed E-state index contributed by atoms with van der Waals surface area (Å²) in [5.74, 6) is 0.541. The maximum absolute atomic E-state index is 11.9. The van der Waals surface area contributed by atoms with Crippen molar-refractivity contribution in [1.29, 1.82) is 0 Å². The Hall–Kier alpha value is -3.78. The highest BCUT2D eigenvalue weighted by Crippen LogP contribution is 2.39. The van der Waals surface area contributed by atoms with Gasteiger partial charge in [0, 0.05) is 119 Å². The number of benzene rings is 4. The second kappa shape index (κ2) is 18.2. The number of hydrogen-bond donors (Lipinski definition) is 3. The average Bonchev–Trinajstić information content (AvgIpc) is 3.96. The lowest BCUT2D eigenvalue weighted by Crippen LogP contribution is -2.19. The Kier molecular flexibility index (Phi) is 12.9. The number of H-pyrrole nitrogens is 1. The Balaban J connectivity index is 0.000000107. The first kappa shape index (κ1) is 44.4. The van der Waals surface area contributed by atoms with E-state index in [1.54, 1.807) is 0 Å². The van der Waals surface area contributed by atoms with Gasteiger partial charge < -0.3 is 30.2 Å². The summed E-state index contributed by atoms with van der Waals surface area (Å²) in [6, 6.07) is 25.7. The van der Waals surface area contributed by atoms with E-state index in [0.29, 0.717) is 12.8 Å². The van der Waals surface area contributed by atoms with Crippen LogP contribution in [0.25, 0.3) is 43.6 Å². The third-order valence-electron chi connectivity index (χ3n) is 13.6. The van der Waals surface area contributed by atoms with Crippen molar-refractivity contribution in [2.75, 3.05) is 0 Å². The van der Waals surface area contributed by atoms with Gasteiger partial charge in [-0.15, -0.1) is 0 Å². The molecule has 12 rings (SSSR count). The molecule has 12 heteroatoms. The minimum absolute atomic E-state index is 0.208. The minimum Gasteiger partial charge on any atom is -0.352 e. The molecule has 0 bridgehead atoms. The number of carbonyl (C=O) groups excluding carboxylic acids is 2. The molecule has 0 saturated carbocycles. The standard InChI is InChI=1S/2C13H15BrN2.C13H12BrNO.C12H10BrNO/c2*1-16-12-6-5-8(14)7-10(12)9-3-2-4-11(15)13(9)16;1-15-11-6-5-8(14)7-10(11)9-3-2-4-12(16)13(9)15;13-7-4-5-10-9(6-7)8-2-1-3-11(15)12(8)14-10/h2*5-7,11H,2-4,15H2,1H3;5-7H,2-4H2,1H3;4-6,14H,1-3H2. The summed E-state index contributed by atoms with van der Waals surface area (Å²) in [6.07, 6.45) is 12.3. The smallest absolute Gasteiger partial charge is 0.179 e. The van der Waals surface area contributed by atoms with Gasteiger partial charge in [0.15, 0.2) is 11.6 Å². The number of nitrogens with one attached hydrogen (secondary N) is 1. The summed E-state index contributed by atoms with van der Waals surface area (Å²) in [5.41, 5.74) is 27.0. The van der Waals surface area contributed by atoms with Crippen LogP contribution in [-0.2, 0) is 46.8 Å². The Morgan fingerprint density at radius 3 is 1.43 bits per heavy atom. The Morgan fingerprint density at radius 2 is 0.905 bits per heavy atom. The van der Waals surface area contributed by atoms with Gasteiger partial charge in [-0.3, -0.25) is 9.59 Å². The number of nitrogens with zero attached hydrogens (tertiary/aromatic N) is 3. The van der Waals surface area contributed by atoms with Crippen molar-refractivity contribution in [2.45, 2.75) is 89.1 Å². The van der Waals surface area contributed by atoms with Gasteiger partial charge in [-0.25, -0.2) is 0 Å². The predicted octanol–water partition coefficient (Wildman–Crippen LogP) is 13.5. The zero-order valence-electron chi connectivity index (χ0n) is 35.9. The Bertz CT molecular complexity index is 2990. The number of halogens is 4. The second-order valence-electron chi connectivity index (χ2n) is 17.4. The lowest BCUT2D eigenvalue weighted by molar-refractivity contribution is 0.0958. The van der Waals surface area contributed by atoms with Crippen LogP contribution in [0.5, 0.6) is 0 Å². The molecule has 4 heterocycles. The van der Waals surface area contributed by atoms with Crippen LogP contribution < -0.4 is 11.5 Å². The van der Waals surface area contributed by atoms with Crippen LogP contribution in [0.2, 0.25) is 0 Å². The molecule has 4 aliphatic carbocycles. The molecule has 2 unspecified atom stereocenters. The Morgan fingerprint density at radius 1 is 0.492 bits per heavy atom. The number of fused-ring (bicyclic) bond motifs is 12. The van der Waals surface area contributed by atoms with Crippen molar-refractivity contribution in [3.8, 4) is 0 Å². The van der Waals surface area contributed by atoms with E-state index in [4.69, 9.17) is 11.5 Å². The average molecular weight is 1100 g/mol. The molecule has 0 aliphatic heterocycles. The normalized spacial score (nSPS) is 17.9. The molecule has 8 aromatic rings. The summed E-state index contributed by atoms with van der Waals surface area (Å²) in [7, 11) is 6.23. The molecule has 4 aromatic carbocycles. The predicted molar refractivity (Wildman–Crippen MR) is 272 cm³/mol. The van der Waals surface area contributed by atoms with Crippen LogP contribution >= 0.6 is 63.7 Å². The van der Waals surface area contributed by atoms with Gasteiger partial charge >= 0.3 is 0 Å². The fourth-order valence-electron chi connectivity index (χ4n) is 10.7. The van der Waals surface area contributed by atoms with Crippen molar-refractivity contribution < 1.29 is 9.59 Å². The molecule has 326 valence electrons. The van der Waals surface area contributed by atoms with E-state index < -0.39 is 0 Å². The molecule has 8 nitrogen and oxygen atoms in total. The first-order chi connectivity index (χ1) is 30.3. The van der Waals surface area contributed by atoms with Gasteiger partial charge in [0.25, 0.3) is 0 Å². The van der Waals surface area contributed by atoms with Gasteiger partial charge in [-0.2, -0.15) is 0 Å². The third kappa shape index (κ3) is 8.38. The van der Waals surface area contributed by atoms with Crippen molar-refractivity contribution >= 4 is 119 Å². The fourth-order valence-corrected chi connectivity index (χ4v) is 12.1.